The molecular weight excluding hydrogens is 276 g/mol. The number of aryl methyl sites for hydroxylation is 1. The number of halogens is 1. The fourth-order valence-corrected chi connectivity index (χ4v) is 2.40. The summed E-state index contributed by atoms with van der Waals surface area (Å²) in [4.78, 5) is 12.4. The molecule has 5 heteroatoms. The molecule has 20 heavy (non-hydrogen) atoms. The molecule has 0 aliphatic heterocycles. The van der Waals surface area contributed by atoms with Crippen molar-refractivity contribution in [1.82, 2.24) is 0 Å². The van der Waals surface area contributed by atoms with Crippen LogP contribution in [0.4, 0.5) is 17.1 Å². The largest absolute Gasteiger partial charge is 0.344 e. The van der Waals surface area contributed by atoms with Gasteiger partial charge in [-0.1, -0.05) is 18.2 Å². The predicted molar refractivity (Wildman–Crippen MR) is 81.9 cm³/mol. The minimum atomic E-state index is -0.409. The van der Waals surface area contributed by atoms with Crippen molar-refractivity contribution in [2.75, 3.05) is 11.9 Å². The van der Waals surface area contributed by atoms with Crippen LogP contribution in [0.15, 0.2) is 42.5 Å². The Bertz CT molecular complexity index is 644. The molecule has 0 aliphatic rings. The zero-order valence-electron chi connectivity index (χ0n) is 11.3. The third kappa shape index (κ3) is 2.75. The Morgan fingerprint density at radius 3 is 2.50 bits per heavy atom. The molecule has 2 rings (SSSR count). The van der Waals surface area contributed by atoms with Crippen molar-refractivity contribution >= 4 is 28.7 Å². The lowest BCUT2D eigenvalue weighted by atomic mass is 10.1. The summed E-state index contributed by atoms with van der Waals surface area (Å²) < 4.78 is 0. The van der Waals surface area contributed by atoms with Crippen LogP contribution in [0.5, 0.6) is 0 Å². The maximum absolute atomic E-state index is 10.8. The molecule has 4 nitrogen and oxygen atoms in total. The van der Waals surface area contributed by atoms with E-state index in [9.17, 15) is 10.1 Å². The fourth-order valence-electron chi connectivity index (χ4n) is 2.19. The maximum atomic E-state index is 10.8. The molecule has 0 bridgehead atoms. The number of nitro groups is 1. The van der Waals surface area contributed by atoms with Gasteiger partial charge in [-0.05, 0) is 30.2 Å². The third-order valence-electron chi connectivity index (χ3n) is 3.26. The van der Waals surface area contributed by atoms with Crippen LogP contribution in [0.2, 0.25) is 0 Å². The molecule has 104 valence electrons. The van der Waals surface area contributed by atoms with E-state index >= 15 is 0 Å². The summed E-state index contributed by atoms with van der Waals surface area (Å²) in [6.45, 7) is 2.03. The molecule has 0 fully saturated rings. The number of anilines is 2. The van der Waals surface area contributed by atoms with Gasteiger partial charge in [-0.15, -0.1) is 11.6 Å². The SMILES string of the molecule is Cc1ccccc1N(C)c1ccc([N+](=O)[O-])cc1CCl. The molecule has 0 atom stereocenters. The minimum Gasteiger partial charge on any atom is -0.344 e. The highest BCUT2D eigenvalue weighted by Gasteiger charge is 2.14. The van der Waals surface area contributed by atoms with E-state index in [1.54, 1.807) is 6.07 Å². The second-order valence-corrected chi connectivity index (χ2v) is 4.82. The number of hydrogen-bond donors (Lipinski definition) is 0. The summed E-state index contributed by atoms with van der Waals surface area (Å²) in [5.41, 5.74) is 3.86. The van der Waals surface area contributed by atoms with Crippen molar-refractivity contribution in [3.05, 3.63) is 63.7 Å². The van der Waals surface area contributed by atoms with Gasteiger partial charge in [-0.25, -0.2) is 0 Å². The molecule has 0 N–H and O–H groups in total. The molecule has 0 saturated heterocycles. The number of hydrogen-bond acceptors (Lipinski definition) is 3. The Hall–Kier alpha value is -2.07. The number of rotatable bonds is 4. The normalized spacial score (nSPS) is 10.3. The van der Waals surface area contributed by atoms with Gasteiger partial charge < -0.3 is 4.90 Å². The average Bonchev–Trinajstić information content (AvgIpc) is 2.46. The monoisotopic (exact) mass is 290 g/mol. The van der Waals surface area contributed by atoms with Crippen molar-refractivity contribution < 1.29 is 4.92 Å². The quantitative estimate of drug-likeness (QED) is 0.476. The van der Waals surface area contributed by atoms with Gasteiger partial charge in [0.05, 0.1) is 4.92 Å². The Balaban J connectivity index is 2.47. The average molecular weight is 291 g/mol. The highest BCUT2D eigenvalue weighted by Crippen LogP contribution is 2.32. The van der Waals surface area contributed by atoms with Gasteiger partial charge in [0.15, 0.2) is 0 Å². The Morgan fingerprint density at radius 2 is 1.90 bits per heavy atom. The van der Waals surface area contributed by atoms with Crippen LogP contribution >= 0.6 is 11.6 Å². The number of para-hydroxylation sites is 1. The van der Waals surface area contributed by atoms with Crippen molar-refractivity contribution in [2.45, 2.75) is 12.8 Å². The van der Waals surface area contributed by atoms with Crippen molar-refractivity contribution in [3.63, 3.8) is 0 Å². The van der Waals surface area contributed by atoms with Crippen LogP contribution in [-0.4, -0.2) is 12.0 Å². The molecule has 0 saturated carbocycles. The molecule has 2 aromatic rings. The van der Waals surface area contributed by atoms with E-state index in [0.29, 0.717) is 0 Å². The van der Waals surface area contributed by atoms with Gasteiger partial charge in [0.25, 0.3) is 5.69 Å². The summed E-state index contributed by atoms with van der Waals surface area (Å²) in [6, 6.07) is 12.7. The van der Waals surface area contributed by atoms with Gasteiger partial charge in [-0.2, -0.15) is 0 Å². The van der Waals surface area contributed by atoms with Crippen molar-refractivity contribution in [3.8, 4) is 0 Å². The number of benzene rings is 2. The summed E-state index contributed by atoms with van der Waals surface area (Å²) in [5.74, 6) is 0.229. The minimum absolute atomic E-state index is 0.0579. The van der Waals surface area contributed by atoms with Crippen LogP contribution in [0, 0.1) is 17.0 Å². The van der Waals surface area contributed by atoms with Crippen LogP contribution in [0.1, 0.15) is 11.1 Å². The lowest BCUT2D eigenvalue weighted by molar-refractivity contribution is -0.384. The highest BCUT2D eigenvalue weighted by molar-refractivity contribution is 6.17. The first-order valence-electron chi connectivity index (χ1n) is 6.17. The van der Waals surface area contributed by atoms with Crippen LogP contribution in [0.3, 0.4) is 0 Å². The van der Waals surface area contributed by atoms with E-state index in [4.69, 9.17) is 11.6 Å². The van der Waals surface area contributed by atoms with Crippen molar-refractivity contribution in [1.29, 1.82) is 0 Å². The van der Waals surface area contributed by atoms with Crippen LogP contribution in [-0.2, 0) is 5.88 Å². The lowest BCUT2D eigenvalue weighted by Crippen LogP contribution is -2.12. The molecule has 0 amide bonds. The summed E-state index contributed by atoms with van der Waals surface area (Å²) in [5, 5.41) is 10.8. The van der Waals surface area contributed by atoms with E-state index in [2.05, 4.69) is 0 Å². The van der Waals surface area contributed by atoms with Gasteiger partial charge in [0, 0.05) is 36.4 Å². The summed E-state index contributed by atoms with van der Waals surface area (Å²) in [7, 11) is 1.93. The van der Waals surface area contributed by atoms with E-state index in [1.807, 2.05) is 43.1 Å². The predicted octanol–water partition coefficient (Wildman–Crippen LogP) is 4.41. The van der Waals surface area contributed by atoms with E-state index in [-0.39, 0.29) is 11.6 Å². The van der Waals surface area contributed by atoms with Gasteiger partial charge in [-0.3, -0.25) is 10.1 Å². The molecular formula is C15H15ClN2O2. The number of alkyl halides is 1. The maximum Gasteiger partial charge on any atom is 0.269 e. The zero-order chi connectivity index (χ0) is 14.7. The van der Waals surface area contributed by atoms with Gasteiger partial charge >= 0.3 is 0 Å². The van der Waals surface area contributed by atoms with Crippen LogP contribution in [0.25, 0.3) is 0 Å². The lowest BCUT2D eigenvalue weighted by Gasteiger charge is -2.23. The molecule has 0 spiro atoms. The topological polar surface area (TPSA) is 46.4 Å². The number of nitrogens with zero attached hydrogens (tertiary/aromatic N) is 2. The first-order chi connectivity index (χ1) is 9.54. The Kier molecular flexibility index (Phi) is 4.25. The number of non-ortho nitro benzene ring substituents is 1. The third-order valence-corrected chi connectivity index (χ3v) is 3.54. The molecule has 0 heterocycles. The second-order valence-electron chi connectivity index (χ2n) is 4.55. The van der Waals surface area contributed by atoms with Crippen LogP contribution < -0.4 is 4.90 Å². The van der Waals surface area contributed by atoms with Crippen molar-refractivity contribution in [2.24, 2.45) is 0 Å². The standard InChI is InChI=1S/C15H15ClN2O2/c1-11-5-3-4-6-14(11)17(2)15-8-7-13(18(19)20)9-12(15)10-16/h3-9H,10H2,1-2H3. The molecule has 0 radical (unpaired) electrons. The molecule has 0 aliphatic carbocycles. The molecule has 2 aromatic carbocycles. The van der Waals surface area contributed by atoms with Gasteiger partial charge in [0.2, 0.25) is 0 Å². The Morgan fingerprint density at radius 1 is 1.20 bits per heavy atom. The Labute approximate surface area is 122 Å². The highest BCUT2D eigenvalue weighted by atomic mass is 35.5. The van der Waals surface area contributed by atoms with E-state index in [1.165, 1.54) is 12.1 Å². The smallest absolute Gasteiger partial charge is 0.269 e. The first-order valence-corrected chi connectivity index (χ1v) is 6.70. The van der Waals surface area contributed by atoms with E-state index < -0.39 is 4.92 Å². The molecule has 0 aromatic heterocycles. The molecule has 0 unspecified atom stereocenters. The summed E-state index contributed by atoms with van der Waals surface area (Å²) in [6.07, 6.45) is 0. The zero-order valence-corrected chi connectivity index (χ0v) is 12.1. The fraction of sp³-hybridized carbons (Fsp3) is 0.200. The summed E-state index contributed by atoms with van der Waals surface area (Å²) >= 11 is 5.93. The number of nitro benzene ring substituents is 1. The van der Waals surface area contributed by atoms with E-state index in [0.717, 1.165) is 22.5 Å². The first kappa shape index (κ1) is 14.3. The second kappa shape index (κ2) is 5.92. The van der Waals surface area contributed by atoms with Gasteiger partial charge in [0.1, 0.15) is 0 Å².